The third-order valence-corrected chi connectivity index (χ3v) is 1.79. The highest BCUT2D eigenvalue weighted by molar-refractivity contribution is 5.99. The number of hydrogen-bond acceptors (Lipinski definition) is 6. The Morgan fingerprint density at radius 1 is 1.56 bits per heavy atom. The molecule has 1 heterocycles. The molecule has 0 aliphatic heterocycles. The molecule has 0 aromatic carbocycles. The van der Waals surface area contributed by atoms with Gasteiger partial charge < -0.3 is 9.84 Å². The Morgan fingerprint density at radius 2 is 2.12 bits per heavy atom. The number of rotatable bonds is 3. The first-order chi connectivity index (χ1) is 7.40. The van der Waals surface area contributed by atoms with Crippen LogP contribution < -0.4 is 0 Å². The molecule has 0 amide bonds. The molecule has 0 saturated carbocycles. The molecule has 1 rings (SSSR count). The van der Waals surface area contributed by atoms with Crippen LogP contribution in [0.3, 0.4) is 0 Å². The zero-order chi connectivity index (χ0) is 12.5. The van der Waals surface area contributed by atoms with Crippen molar-refractivity contribution in [3.63, 3.8) is 0 Å². The smallest absolute Gasteiger partial charge is 0.363 e. The lowest BCUT2D eigenvalue weighted by atomic mass is 10.3. The molecule has 0 atom stereocenters. The van der Waals surface area contributed by atoms with E-state index in [4.69, 9.17) is 5.11 Å². The second-order valence-corrected chi connectivity index (χ2v) is 2.72. The summed E-state index contributed by atoms with van der Waals surface area (Å²) in [7, 11) is 2.24. The van der Waals surface area contributed by atoms with Crippen molar-refractivity contribution < 1.29 is 24.4 Å². The van der Waals surface area contributed by atoms with E-state index in [1.54, 1.807) is 0 Å². The van der Waals surface area contributed by atoms with Crippen LogP contribution in [0.2, 0.25) is 0 Å². The molecular weight excluding hydrogens is 222 g/mol. The first-order valence-corrected chi connectivity index (χ1v) is 3.93. The Bertz CT molecular complexity index is 477. The molecular formula is C7H7N3O6. The SMILES string of the molecule is COC(=O)c1c([N+](=O)[O-])c(C(=O)O)nn1C. The van der Waals surface area contributed by atoms with Gasteiger partial charge in [0.2, 0.25) is 11.4 Å². The van der Waals surface area contributed by atoms with Crippen molar-refractivity contribution in [2.75, 3.05) is 7.11 Å². The van der Waals surface area contributed by atoms with E-state index in [-0.39, 0.29) is 0 Å². The van der Waals surface area contributed by atoms with Crippen LogP contribution >= 0.6 is 0 Å². The van der Waals surface area contributed by atoms with E-state index < -0.39 is 33.9 Å². The number of methoxy groups -OCH3 is 1. The van der Waals surface area contributed by atoms with Gasteiger partial charge in [0.05, 0.1) is 12.0 Å². The van der Waals surface area contributed by atoms with Gasteiger partial charge >= 0.3 is 17.6 Å². The molecule has 86 valence electrons. The number of hydrogen-bond donors (Lipinski definition) is 1. The lowest BCUT2D eigenvalue weighted by Crippen LogP contribution is -2.10. The van der Waals surface area contributed by atoms with Gasteiger partial charge in [-0.2, -0.15) is 5.10 Å². The number of aromatic carboxylic acids is 1. The van der Waals surface area contributed by atoms with Gasteiger partial charge in [-0.05, 0) is 0 Å². The van der Waals surface area contributed by atoms with E-state index in [0.29, 0.717) is 0 Å². The molecule has 0 aliphatic carbocycles. The summed E-state index contributed by atoms with van der Waals surface area (Å²) in [6, 6.07) is 0. The van der Waals surface area contributed by atoms with Crippen molar-refractivity contribution in [1.82, 2.24) is 9.78 Å². The van der Waals surface area contributed by atoms with Crippen molar-refractivity contribution >= 4 is 17.6 Å². The van der Waals surface area contributed by atoms with Gasteiger partial charge in [0.25, 0.3) is 0 Å². The number of ether oxygens (including phenoxy) is 1. The fraction of sp³-hybridized carbons (Fsp3) is 0.286. The highest BCUT2D eigenvalue weighted by Gasteiger charge is 2.35. The van der Waals surface area contributed by atoms with Crippen molar-refractivity contribution in [3.05, 3.63) is 21.5 Å². The van der Waals surface area contributed by atoms with Gasteiger partial charge in [0.1, 0.15) is 0 Å². The first kappa shape index (κ1) is 11.6. The predicted molar refractivity (Wildman–Crippen MR) is 48.2 cm³/mol. The van der Waals surface area contributed by atoms with Gasteiger partial charge in [0, 0.05) is 7.05 Å². The van der Waals surface area contributed by atoms with Gasteiger partial charge in [-0.25, -0.2) is 9.59 Å². The quantitative estimate of drug-likeness (QED) is 0.432. The molecule has 1 aromatic heterocycles. The maximum atomic E-state index is 11.2. The monoisotopic (exact) mass is 229 g/mol. The highest BCUT2D eigenvalue weighted by Crippen LogP contribution is 2.23. The molecule has 9 nitrogen and oxygen atoms in total. The summed E-state index contributed by atoms with van der Waals surface area (Å²) in [4.78, 5) is 31.6. The average molecular weight is 229 g/mol. The average Bonchev–Trinajstić information content (AvgIpc) is 2.55. The van der Waals surface area contributed by atoms with Crippen LogP contribution in [0.25, 0.3) is 0 Å². The topological polar surface area (TPSA) is 125 Å². The molecule has 0 unspecified atom stereocenters. The van der Waals surface area contributed by atoms with E-state index >= 15 is 0 Å². The number of esters is 1. The summed E-state index contributed by atoms with van der Waals surface area (Å²) >= 11 is 0. The Balaban J connectivity index is 3.54. The van der Waals surface area contributed by atoms with Crippen molar-refractivity contribution in [1.29, 1.82) is 0 Å². The molecule has 0 aliphatic rings. The van der Waals surface area contributed by atoms with Gasteiger partial charge in [-0.3, -0.25) is 14.8 Å². The lowest BCUT2D eigenvalue weighted by Gasteiger charge is -1.97. The third-order valence-electron chi connectivity index (χ3n) is 1.79. The number of carbonyl (C=O) groups is 2. The molecule has 0 saturated heterocycles. The van der Waals surface area contributed by atoms with Crippen LogP contribution in [0.5, 0.6) is 0 Å². The molecule has 0 fully saturated rings. The van der Waals surface area contributed by atoms with E-state index in [2.05, 4.69) is 9.84 Å². The minimum absolute atomic E-state index is 0.509. The molecule has 0 bridgehead atoms. The van der Waals surface area contributed by atoms with E-state index in [9.17, 15) is 19.7 Å². The van der Waals surface area contributed by atoms with E-state index in [0.717, 1.165) is 11.8 Å². The number of carbonyl (C=O) groups excluding carboxylic acids is 1. The second-order valence-electron chi connectivity index (χ2n) is 2.72. The second kappa shape index (κ2) is 3.96. The largest absolute Gasteiger partial charge is 0.476 e. The Kier molecular flexibility index (Phi) is 2.88. The van der Waals surface area contributed by atoms with Crippen molar-refractivity contribution in [2.24, 2.45) is 7.05 Å². The number of carboxylic acid groups (broad SMARTS) is 1. The van der Waals surface area contributed by atoms with Gasteiger partial charge in [0.15, 0.2) is 0 Å². The maximum Gasteiger partial charge on any atom is 0.363 e. The van der Waals surface area contributed by atoms with Gasteiger partial charge in [-0.1, -0.05) is 0 Å². The normalized spacial score (nSPS) is 9.88. The third kappa shape index (κ3) is 1.69. The summed E-state index contributed by atoms with van der Waals surface area (Å²) in [5.74, 6) is -2.60. The van der Waals surface area contributed by atoms with Gasteiger partial charge in [-0.15, -0.1) is 0 Å². The zero-order valence-electron chi connectivity index (χ0n) is 8.33. The molecule has 0 radical (unpaired) electrons. The number of aromatic nitrogens is 2. The number of nitro groups is 1. The Hall–Kier alpha value is -2.45. The standard InChI is InChI=1S/C7H7N3O6/c1-9-5(7(13)16-2)4(10(14)15)3(8-9)6(11)12/h1-2H3,(H,11,12). The fourth-order valence-corrected chi connectivity index (χ4v) is 1.16. The minimum Gasteiger partial charge on any atom is -0.476 e. The van der Waals surface area contributed by atoms with Crippen molar-refractivity contribution in [2.45, 2.75) is 0 Å². The van der Waals surface area contributed by atoms with Crippen LogP contribution in [-0.4, -0.2) is 38.9 Å². The summed E-state index contributed by atoms with van der Waals surface area (Å²) < 4.78 is 5.10. The molecule has 1 N–H and O–H groups in total. The summed E-state index contributed by atoms with van der Waals surface area (Å²) in [5.41, 5.74) is -2.18. The van der Waals surface area contributed by atoms with Crippen LogP contribution in [-0.2, 0) is 11.8 Å². The lowest BCUT2D eigenvalue weighted by molar-refractivity contribution is -0.385. The van der Waals surface area contributed by atoms with E-state index in [1.165, 1.54) is 7.05 Å². The molecule has 1 aromatic rings. The Morgan fingerprint density at radius 3 is 2.50 bits per heavy atom. The molecule has 16 heavy (non-hydrogen) atoms. The summed E-state index contributed by atoms with van der Waals surface area (Å²) in [5, 5.41) is 22.7. The van der Waals surface area contributed by atoms with Crippen molar-refractivity contribution in [3.8, 4) is 0 Å². The van der Waals surface area contributed by atoms with Crippen LogP contribution in [0.1, 0.15) is 21.0 Å². The molecule has 9 heteroatoms. The fourth-order valence-electron chi connectivity index (χ4n) is 1.16. The van der Waals surface area contributed by atoms with E-state index in [1.807, 2.05) is 0 Å². The minimum atomic E-state index is -1.59. The summed E-state index contributed by atoms with van der Waals surface area (Å²) in [6.45, 7) is 0. The number of aryl methyl sites for hydroxylation is 1. The van der Waals surface area contributed by atoms with Crippen LogP contribution in [0, 0.1) is 10.1 Å². The zero-order valence-corrected chi connectivity index (χ0v) is 8.33. The predicted octanol–water partition coefficient (Wildman–Crippen LogP) is -0.187. The maximum absolute atomic E-state index is 11.2. The molecule has 0 spiro atoms. The number of carboxylic acids is 1. The Labute approximate surface area is 88.4 Å². The first-order valence-electron chi connectivity index (χ1n) is 3.93. The van der Waals surface area contributed by atoms with Crippen LogP contribution in [0.4, 0.5) is 5.69 Å². The number of nitrogens with zero attached hydrogens (tertiary/aromatic N) is 3. The highest BCUT2D eigenvalue weighted by atomic mass is 16.6. The summed E-state index contributed by atoms with van der Waals surface area (Å²) in [6.07, 6.45) is 0. The van der Waals surface area contributed by atoms with Crippen LogP contribution in [0.15, 0.2) is 0 Å².